The average Bonchev–Trinajstić information content (AvgIpc) is 2.17. The molecule has 6 nitrogen and oxygen atoms in total. The van der Waals surface area contributed by atoms with E-state index in [-0.39, 0.29) is 10.6 Å². The molecule has 16 heavy (non-hydrogen) atoms. The molecule has 0 unspecified atom stereocenters. The van der Waals surface area contributed by atoms with E-state index in [1.54, 1.807) is 6.92 Å². The van der Waals surface area contributed by atoms with Crippen LogP contribution in [0.5, 0.6) is 5.75 Å². The third-order valence-electron chi connectivity index (χ3n) is 1.71. The number of hydrogen-bond donors (Lipinski definition) is 3. The van der Waals surface area contributed by atoms with Crippen molar-refractivity contribution in [3.05, 3.63) is 24.3 Å². The summed E-state index contributed by atoms with van der Waals surface area (Å²) >= 11 is 0. The molecule has 0 radical (unpaired) electrons. The molecule has 1 aromatic carbocycles. The molecular formula is C8H12BNO5S. The molecule has 0 heterocycles. The Morgan fingerprint density at radius 3 is 2.31 bits per heavy atom. The molecular weight excluding hydrogens is 233 g/mol. The minimum Gasteiger partial charge on any atom is -0.512 e. The van der Waals surface area contributed by atoms with Gasteiger partial charge in [0.15, 0.2) is 0 Å². The van der Waals surface area contributed by atoms with Crippen LogP contribution in [-0.4, -0.2) is 32.3 Å². The van der Waals surface area contributed by atoms with Crippen molar-refractivity contribution in [2.24, 2.45) is 0 Å². The molecule has 3 N–H and O–H groups in total. The summed E-state index contributed by atoms with van der Waals surface area (Å²) in [5.74, 6) is 0.172. The zero-order valence-corrected chi connectivity index (χ0v) is 9.44. The summed E-state index contributed by atoms with van der Waals surface area (Å²) < 4.78 is 29.9. The van der Waals surface area contributed by atoms with Gasteiger partial charge in [-0.2, -0.15) is 0 Å². The number of hydrogen-bond acceptors (Lipinski definition) is 5. The molecule has 0 spiro atoms. The molecule has 0 aliphatic heterocycles. The summed E-state index contributed by atoms with van der Waals surface area (Å²) in [5.41, 5.74) is 0. The Bertz CT molecular complexity index is 430. The number of rotatable bonds is 5. The highest BCUT2D eigenvalue weighted by Gasteiger charge is 2.14. The molecule has 0 aliphatic rings. The molecule has 0 amide bonds. The topological polar surface area (TPSA) is 95.9 Å². The quantitative estimate of drug-likeness (QED) is 0.598. The highest BCUT2D eigenvalue weighted by Crippen LogP contribution is 2.15. The van der Waals surface area contributed by atoms with Gasteiger partial charge in [-0.3, -0.25) is 0 Å². The van der Waals surface area contributed by atoms with Gasteiger partial charge in [0.2, 0.25) is 10.0 Å². The molecule has 0 atom stereocenters. The predicted molar refractivity (Wildman–Crippen MR) is 58.1 cm³/mol. The van der Waals surface area contributed by atoms with E-state index in [1.807, 2.05) is 0 Å². The van der Waals surface area contributed by atoms with E-state index in [0.717, 1.165) is 0 Å². The van der Waals surface area contributed by atoms with Crippen molar-refractivity contribution in [2.45, 2.75) is 11.8 Å². The summed E-state index contributed by atoms with van der Waals surface area (Å²) in [6, 6.07) is 5.30. The Morgan fingerprint density at radius 1 is 1.31 bits per heavy atom. The van der Waals surface area contributed by atoms with Gasteiger partial charge in [0.25, 0.3) is 0 Å². The maximum absolute atomic E-state index is 11.5. The van der Waals surface area contributed by atoms with E-state index < -0.39 is 17.3 Å². The highest BCUT2D eigenvalue weighted by molar-refractivity contribution is 7.89. The second-order valence-corrected chi connectivity index (χ2v) is 4.68. The molecule has 0 fully saturated rings. The lowest BCUT2D eigenvalue weighted by atomic mass is 10.2. The van der Waals surface area contributed by atoms with Crippen LogP contribution in [-0.2, 0) is 10.0 Å². The normalized spacial score (nSPS) is 11.2. The van der Waals surface area contributed by atoms with Gasteiger partial charge in [-0.15, -0.1) is 0 Å². The largest absolute Gasteiger partial charge is 0.707 e. The first-order chi connectivity index (χ1) is 7.45. The monoisotopic (exact) mass is 245 g/mol. The molecule has 8 heteroatoms. The summed E-state index contributed by atoms with van der Waals surface area (Å²) in [4.78, 5) is 0.0918. The van der Waals surface area contributed by atoms with Crippen molar-refractivity contribution in [2.75, 3.05) is 6.54 Å². The lowest BCUT2D eigenvalue weighted by Gasteiger charge is -2.07. The van der Waals surface area contributed by atoms with Gasteiger partial charge in [-0.25, -0.2) is 13.1 Å². The lowest BCUT2D eigenvalue weighted by molar-refractivity contribution is 0.288. The van der Waals surface area contributed by atoms with Crippen LogP contribution in [0.3, 0.4) is 0 Å². The Kier molecular flexibility index (Phi) is 4.31. The van der Waals surface area contributed by atoms with Crippen molar-refractivity contribution in [3.63, 3.8) is 0 Å². The van der Waals surface area contributed by atoms with Crippen molar-refractivity contribution < 1.29 is 23.1 Å². The van der Waals surface area contributed by atoms with Gasteiger partial charge >= 0.3 is 7.32 Å². The molecule has 0 aromatic heterocycles. The Hall–Kier alpha value is -1.09. The van der Waals surface area contributed by atoms with Crippen molar-refractivity contribution in [1.29, 1.82) is 0 Å². The number of nitrogens with one attached hydrogen (secondary N) is 1. The van der Waals surface area contributed by atoms with E-state index >= 15 is 0 Å². The van der Waals surface area contributed by atoms with Crippen molar-refractivity contribution in [3.8, 4) is 5.75 Å². The first-order valence-electron chi connectivity index (χ1n) is 4.58. The summed E-state index contributed by atoms with van der Waals surface area (Å²) in [7, 11) is -5.41. The van der Waals surface area contributed by atoms with Crippen LogP contribution in [0.2, 0.25) is 0 Å². The maximum atomic E-state index is 11.5. The van der Waals surface area contributed by atoms with Gasteiger partial charge in [-0.05, 0) is 24.3 Å². The van der Waals surface area contributed by atoms with Crippen LogP contribution in [0.1, 0.15) is 6.92 Å². The highest BCUT2D eigenvalue weighted by atomic mass is 32.2. The smallest absolute Gasteiger partial charge is 0.512 e. The number of benzene rings is 1. The van der Waals surface area contributed by atoms with Crippen molar-refractivity contribution >= 4 is 17.3 Å². The van der Waals surface area contributed by atoms with E-state index in [0.29, 0.717) is 6.54 Å². The second-order valence-electron chi connectivity index (χ2n) is 2.92. The van der Waals surface area contributed by atoms with Crippen LogP contribution >= 0.6 is 0 Å². The van der Waals surface area contributed by atoms with Gasteiger partial charge in [0.1, 0.15) is 5.75 Å². The third-order valence-corrected chi connectivity index (χ3v) is 3.27. The summed E-state index contributed by atoms with van der Waals surface area (Å²) in [5, 5.41) is 17.0. The van der Waals surface area contributed by atoms with Crippen LogP contribution in [0.25, 0.3) is 0 Å². The van der Waals surface area contributed by atoms with Crippen LogP contribution in [0.4, 0.5) is 0 Å². The third kappa shape index (κ3) is 3.49. The van der Waals surface area contributed by atoms with Gasteiger partial charge < -0.3 is 14.7 Å². The minimum atomic E-state index is -3.49. The molecule has 0 bridgehead atoms. The fraction of sp³-hybridized carbons (Fsp3) is 0.250. The maximum Gasteiger partial charge on any atom is 0.707 e. The van der Waals surface area contributed by atoms with E-state index in [9.17, 15) is 8.42 Å². The molecule has 0 saturated heterocycles. The molecule has 88 valence electrons. The SMILES string of the molecule is CCNS(=O)(=O)c1ccc(OB(O)O)cc1. The first kappa shape index (κ1) is 13.0. The van der Waals surface area contributed by atoms with Crippen molar-refractivity contribution in [1.82, 2.24) is 4.72 Å². The zero-order valence-electron chi connectivity index (χ0n) is 8.62. The zero-order chi connectivity index (χ0) is 12.2. The van der Waals surface area contributed by atoms with E-state index in [1.165, 1.54) is 24.3 Å². The standard InChI is InChI=1S/C8H12BNO5S/c1-2-10-16(13,14)8-5-3-7(4-6-8)15-9(11)12/h3-6,10-12H,2H2,1H3. The molecule has 0 aliphatic carbocycles. The van der Waals surface area contributed by atoms with Gasteiger partial charge in [0, 0.05) is 6.54 Å². The fourth-order valence-electron chi connectivity index (χ4n) is 1.09. The van der Waals surface area contributed by atoms with E-state index in [4.69, 9.17) is 10.0 Å². The Labute approximate surface area is 94.1 Å². The summed E-state index contributed by atoms with van der Waals surface area (Å²) in [6.07, 6.45) is 0. The fourth-order valence-corrected chi connectivity index (χ4v) is 2.13. The average molecular weight is 245 g/mol. The van der Waals surface area contributed by atoms with Gasteiger partial charge in [0.05, 0.1) is 4.90 Å². The van der Waals surface area contributed by atoms with Crippen LogP contribution in [0.15, 0.2) is 29.2 Å². The second kappa shape index (κ2) is 5.31. The molecule has 0 saturated carbocycles. The number of sulfonamides is 1. The van der Waals surface area contributed by atoms with Crippen LogP contribution < -0.4 is 9.38 Å². The minimum absolute atomic E-state index is 0.0918. The predicted octanol–water partition coefficient (Wildman–Crippen LogP) is -0.667. The lowest BCUT2D eigenvalue weighted by Crippen LogP contribution is -2.23. The van der Waals surface area contributed by atoms with Gasteiger partial charge in [-0.1, -0.05) is 6.92 Å². The Balaban J connectivity index is 2.87. The first-order valence-corrected chi connectivity index (χ1v) is 6.06. The molecule has 1 aromatic rings. The summed E-state index contributed by atoms with van der Waals surface area (Å²) in [6.45, 7) is 1.98. The van der Waals surface area contributed by atoms with E-state index in [2.05, 4.69) is 9.38 Å². The van der Waals surface area contributed by atoms with Crippen LogP contribution in [0, 0.1) is 0 Å². The molecule has 1 rings (SSSR count). The Morgan fingerprint density at radius 2 is 1.88 bits per heavy atom.